The van der Waals surface area contributed by atoms with Crippen LogP contribution in [0.15, 0.2) is 65.6 Å². The van der Waals surface area contributed by atoms with Gasteiger partial charge in [-0.3, -0.25) is 9.52 Å². The zero-order valence-corrected chi connectivity index (χ0v) is 20.9. The smallest absolute Gasteiger partial charge is 0.261 e. The molecule has 1 heterocycles. The van der Waals surface area contributed by atoms with Crippen LogP contribution in [0, 0.1) is 27.7 Å². The van der Waals surface area contributed by atoms with Crippen LogP contribution in [0.1, 0.15) is 32.6 Å². The molecule has 1 amide bonds. The molecule has 1 aliphatic heterocycles. The summed E-state index contributed by atoms with van der Waals surface area (Å²) in [7, 11) is -3.70. The Labute approximate surface area is 202 Å². The molecule has 0 aromatic heterocycles. The lowest BCUT2D eigenvalue weighted by molar-refractivity contribution is 0.0747. The number of amides is 1. The SMILES string of the molecule is Cc1ccc(S(=O)(=O)Nc2ccc(C(=O)N3CCN(c4cccc(C)c4C)CC3)cc2)cc1C. The van der Waals surface area contributed by atoms with Crippen molar-refractivity contribution in [2.45, 2.75) is 32.6 Å². The number of piperazine rings is 1. The van der Waals surface area contributed by atoms with Gasteiger partial charge < -0.3 is 9.80 Å². The number of anilines is 2. The number of benzene rings is 3. The summed E-state index contributed by atoms with van der Waals surface area (Å²) in [5.41, 5.74) is 6.71. The van der Waals surface area contributed by atoms with Gasteiger partial charge in [0.15, 0.2) is 0 Å². The Morgan fingerprint density at radius 2 is 1.47 bits per heavy atom. The molecule has 0 atom stereocenters. The number of carbonyl (C=O) groups is 1. The van der Waals surface area contributed by atoms with Gasteiger partial charge in [-0.05, 0) is 92.4 Å². The van der Waals surface area contributed by atoms with Crippen LogP contribution in [0.25, 0.3) is 0 Å². The van der Waals surface area contributed by atoms with E-state index < -0.39 is 10.0 Å². The summed E-state index contributed by atoms with van der Waals surface area (Å²) in [6.45, 7) is 10.9. The first-order valence-corrected chi connectivity index (χ1v) is 12.9. The van der Waals surface area contributed by atoms with Gasteiger partial charge in [-0.25, -0.2) is 8.42 Å². The molecule has 3 aromatic carbocycles. The van der Waals surface area contributed by atoms with Gasteiger partial charge in [0.05, 0.1) is 4.90 Å². The van der Waals surface area contributed by atoms with Crippen LogP contribution in [0.4, 0.5) is 11.4 Å². The number of nitrogens with one attached hydrogen (secondary N) is 1. The van der Waals surface area contributed by atoms with E-state index in [0.717, 1.165) is 24.2 Å². The van der Waals surface area contributed by atoms with E-state index in [2.05, 4.69) is 41.7 Å². The maximum Gasteiger partial charge on any atom is 0.261 e. The second-order valence-corrected chi connectivity index (χ2v) is 10.6. The third kappa shape index (κ3) is 4.94. The molecule has 1 saturated heterocycles. The standard InChI is InChI=1S/C27H31N3O3S/c1-19-8-13-25(18-21(19)3)34(32,33)28-24-11-9-23(10-12-24)27(31)30-16-14-29(15-17-30)26-7-5-6-20(2)22(26)4/h5-13,18,28H,14-17H2,1-4H3. The fourth-order valence-corrected chi connectivity index (χ4v) is 5.33. The van der Waals surface area contributed by atoms with Crippen molar-refractivity contribution in [2.75, 3.05) is 35.8 Å². The first-order valence-electron chi connectivity index (χ1n) is 11.5. The van der Waals surface area contributed by atoms with Crippen molar-refractivity contribution < 1.29 is 13.2 Å². The Kier molecular flexibility index (Phi) is 6.66. The van der Waals surface area contributed by atoms with Gasteiger partial charge in [-0.1, -0.05) is 18.2 Å². The third-order valence-corrected chi connectivity index (χ3v) is 8.04. The van der Waals surface area contributed by atoms with Crippen molar-refractivity contribution in [3.05, 3.63) is 88.5 Å². The monoisotopic (exact) mass is 477 g/mol. The lowest BCUT2D eigenvalue weighted by atomic mass is 10.1. The highest BCUT2D eigenvalue weighted by atomic mass is 32.2. The second-order valence-electron chi connectivity index (χ2n) is 8.93. The highest BCUT2D eigenvalue weighted by Gasteiger charge is 2.23. The number of rotatable bonds is 5. The van der Waals surface area contributed by atoms with Crippen molar-refractivity contribution in [3.8, 4) is 0 Å². The summed E-state index contributed by atoms with van der Waals surface area (Å²) < 4.78 is 28.1. The highest BCUT2D eigenvalue weighted by molar-refractivity contribution is 7.92. The van der Waals surface area contributed by atoms with Crippen LogP contribution in [0.3, 0.4) is 0 Å². The molecular formula is C27H31N3O3S. The van der Waals surface area contributed by atoms with Crippen molar-refractivity contribution in [1.29, 1.82) is 0 Å². The molecule has 1 fully saturated rings. The van der Waals surface area contributed by atoms with E-state index in [1.165, 1.54) is 16.8 Å². The van der Waals surface area contributed by atoms with E-state index in [9.17, 15) is 13.2 Å². The van der Waals surface area contributed by atoms with Gasteiger partial charge in [0.2, 0.25) is 0 Å². The number of carbonyl (C=O) groups excluding carboxylic acids is 1. The zero-order chi connectivity index (χ0) is 24.5. The molecule has 0 aliphatic carbocycles. The fraction of sp³-hybridized carbons (Fsp3) is 0.296. The summed E-state index contributed by atoms with van der Waals surface area (Å²) in [6, 6.07) is 18.0. The number of hydrogen-bond donors (Lipinski definition) is 1. The number of hydrogen-bond acceptors (Lipinski definition) is 4. The topological polar surface area (TPSA) is 69.7 Å². The molecule has 178 valence electrons. The minimum Gasteiger partial charge on any atom is -0.368 e. The van der Waals surface area contributed by atoms with Crippen molar-refractivity contribution in [1.82, 2.24) is 4.90 Å². The van der Waals surface area contributed by atoms with Crippen molar-refractivity contribution >= 4 is 27.3 Å². The molecule has 0 bridgehead atoms. The predicted octanol–water partition coefficient (Wildman–Crippen LogP) is 4.68. The molecule has 0 unspecified atom stereocenters. The molecule has 0 saturated carbocycles. The maximum atomic E-state index is 13.0. The minimum atomic E-state index is -3.70. The van der Waals surface area contributed by atoms with E-state index >= 15 is 0 Å². The third-order valence-electron chi connectivity index (χ3n) is 6.66. The Hall–Kier alpha value is -3.32. The quantitative estimate of drug-likeness (QED) is 0.579. The summed E-state index contributed by atoms with van der Waals surface area (Å²) in [4.78, 5) is 17.4. The zero-order valence-electron chi connectivity index (χ0n) is 20.1. The van der Waals surface area contributed by atoms with E-state index in [1.807, 2.05) is 18.7 Å². The highest BCUT2D eigenvalue weighted by Crippen LogP contribution is 2.25. The molecule has 6 nitrogen and oxygen atoms in total. The lowest BCUT2D eigenvalue weighted by Gasteiger charge is -2.37. The van der Waals surface area contributed by atoms with Crippen molar-refractivity contribution in [2.24, 2.45) is 0 Å². The Bertz CT molecular complexity index is 1310. The largest absolute Gasteiger partial charge is 0.368 e. The van der Waals surface area contributed by atoms with Gasteiger partial charge in [0.25, 0.3) is 15.9 Å². The summed E-state index contributed by atoms with van der Waals surface area (Å²) in [6.07, 6.45) is 0. The molecule has 0 spiro atoms. The normalized spacial score (nSPS) is 14.2. The van der Waals surface area contributed by atoms with Crippen LogP contribution < -0.4 is 9.62 Å². The van der Waals surface area contributed by atoms with Gasteiger partial charge >= 0.3 is 0 Å². The van der Waals surface area contributed by atoms with Crippen LogP contribution in [-0.2, 0) is 10.0 Å². The summed E-state index contributed by atoms with van der Waals surface area (Å²) >= 11 is 0. The maximum absolute atomic E-state index is 13.0. The number of aryl methyl sites for hydroxylation is 3. The Balaban J connectivity index is 1.40. The Morgan fingerprint density at radius 3 is 2.12 bits per heavy atom. The lowest BCUT2D eigenvalue weighted by Crippen LogP contribution is -2.49. The van der Waals surface area contributed by atoms with Crippen LogP contribution in [0.2, 0.25) is 0 Å². The van der Waals surface area contributed by atoms with Gasteiger partial charge in [-0.15, -0.1) is 0 Å². The molecule has 1 aliphatic rings. The first-order chi connectivity index (χ1) is 16.2. The van der Waals surface area contributed by atoms with Gasteiger partial charge in [0.1, 0.15) is 0 Å². The Morgan fingerprint density at radius 1 is 0.794 bits per heavy atom. The van der Waals surface area contributed by atoms with E-state index in [1.54, 1.807) is 42.5 Å². The fourth-order valence-electron chi connectivity index (χ4n) is 4.19. The average molecular weight is 478 g/mol. The summed E-state index contributed by atoms with van der Waals surface area (Å²) in [5, 5.41) is 0. The van der Waals surface area contributed by atoms with E-state index in [0.29, 0.717) is 24.3 Å². The van der Waals surface area contributed by atoms with Crippen LogP contribution in [-0.4, -0.2) is 45.4 Å². The second kappa shape index (κ2) is 9.50. The molecule has 3 aromatic rings. The predicted molar refractivity (Wildman–Crippen MR) is 137 cm³/mol. The molecule has 7 heteroatoms. The summed E-state index contributed by atoms with van der Waals surface area (Å²) in [5.74, 6) is -0.0378. The van der Waals surface area contributed by atoms with Crippen LogP contribution >= 0.6 is 0 Å². The van der Waals surface area contributed by atoms with E-state index in [4.69, 9.17) is 0 Å². The van der Waals surface area contributed by atoms with Crippen molar-refractivity contribution in [3.63, 3.8) is 0 Å². The van der Waals surface area contributed by atoms with Crippen LogP contribution in [0.5, 0.6) is 0 Å². The minimum absolute atomic E-state index is 0.0378. The molecule has 0 radical (unpaired) electrons. The van der Waals surface area contributed by atoms with E-state index in [-0.39, 0.29) is 10.8 Å². The first kappa shape index (κ1) is 23.8. The number of sulfonamides is 1. The number of nitrogens with zero attached hydrogens (tertiary/aromatic N) is 2. The molecule has 34 heavy (non-hydrogen) atoms. The molecule has 4 rings (SSSR count). The molecular weight excluding hydrogens is 446 g/mol. The van der Waals surface area contributed by atoms with Gasteiger partial charge in [-0.2, -0.15) is 0 Å². The molecule has 1 N–H and O–H groups in total. The van der Waals surface area contributed by atoms with Gasteiger partial charge in [0, 0.05) is 43.1 Å². The average Bonchev–Trinajstić information content (AvgIpc) is 2.82.